The third-order valence-corrected chi connectivity index (χ3v) is 10.2. The van der Waals surface area contributed by atoms with E-state index in [1.165, 1.54) is 44.1 Å². The lowest BCUT2D eigenvalue weighted by Gasteiger charge is -2.48. The van der Waals surface area contributed by atoms with Gasteiger partial charge in [0.05, 0.1) is 66.9 Å². The van der Waals surface area contributed by atoms with Gasteiger partial charge in [-0.15, -0.1) is 24.8 Å². The number of pyridine rings is 1. The minimum atomic E-state index is -5.09. The van der Waals surface area contributed by atoms with Crippen molar-refractivity contribution in [2.45, 2.75) is 57.2 Å². The average Bonchev–Trinajstić information content (AvgIpc) is 3.13. The van der Waals surface area contributed by atoms with Crippen molar-refractivity contribution < 1.29 is 45.0 Å². The van der Waals surface area contributed by atoms with Crippen LogP contribution in [0.4, 0.5) is 42.2 Å². The van der Waals surface area contributed by atoms with E-state index in [4.69, 9.17) is 14.5 Å². The number of piperazine rings is 1. The molecule has 1 aromatic heterocycles. The van der Waals surface area contributed by atoms with Crippen LogP contribution in [0.5, 0.6) is 0 Å². The standard InChI is InChI=1S/C40H41F7N4O3.2ClH/c1-25-14-30(41)10-11-33(25)34-18-36(51-21-31-23-53-13-12-50(31)20-32(51)24-54-22-26-8-6-5-7-9-26)48-19-35(34)49(4)37(52)38(2,3)27-15-28(39(42,43)44)17-29(16-27)40(45,46)47;;/h5-11,14-19,31-32H,12-13,20-24H2,1-4H3;2*1H/t31-,32-;;/m0../s1. The molecule has 56 heavy (non-hydrogen) atoms. The number of nitrogens with zero attached hydrogens (tertiary/aromatic N) is 4. The number of likely N-dealkylation sites (N-methyl/N-ethyl adjacent to an activating group) is 1. The molecule has 0 spiro atoms. The summed E-state index contributed by atoms with van der Waals surface area (Å²) in [6.07, 6.45) is -8.72. The Bertz CT molecular complexity index is 1950. The van der Waals surface area contributed by atoms with Crippen LogP contribution in [0.3, 0.4) is 0 Å². The summed E-state index contributed by atoms with van der Waals surface area (Å²) >= 11 is 0. The summed E-state index contributed by atoms with van der Waals surface area (Å²) < 4.78 is 109. The highest BCUT2D eigenvalue weighted by atomic mass is 35.5. The summed E-state index contributed by atoms with van der Waals surface area (Å²) in [5.41, 5.74) is -2.54. The van der Waals surface area contributed by atoms with Crippen LogP contribution >= 0.6 is 24.8 Å². The van der Waals surface area contributed by atoms with E-state index in [1.807, 2.05) is 30.3 Å². The molecule has 304 valence electrons. The van der Waals surface area contributed by atoms with Crippen LogP contribution in [0.15, 0.2) is 79.0 Å². The van der Waals surface area contributed by atoms with Crippen LogP contribution in [0, 0.1) is 12.7 Å². The molecule has 3 aromatic carbocycles. The van der Waals surface area contributed by atoms with E-state index in [0.717, 1.165) is 12.1 Å². The molecule has 1 amide bonds. The Morgan fingerprint density at radius 3 is 2.16 bits per heavy atom. The third-order valence-electron chi connectivity index (χ3n) is 10.2. The molecule has 6 rings (SSSR count). The predicted octanol–water partition coefficient (Wildman–Crippen LogP) is 9.12. The van der Waals surface area contributed by atoms with Gasteiger partial charge < -0.3 is 19.3 Å². The molecule has 7 nitrogen and oxygen atoms in total. The van der Waals surface area contributed by atoms with Gasteiger partial charge in [-0.25, -0.2) is 9.37 Å². The summed E-state index contributed by atoms with van der Waals surface area (Å²) in [7, 11) is 1.39. The van der Waals surface area contributed by atoms with Crippen LogP contribution in [-0.4, -0.2) is 74.4 Å². The Morgan fingerprint density at radius 2 is 1.54 bits per heavy atom. The third kappa shape index (κ3) is 9.76. The summed E-state index contributed by atoms with van der Waals surface area (Å²) in [6, 6.07) is 16.8. The van der Waals surface area contributed by atoms with E-state index in [0.29, 0.717) is 74.2 Å². The number of hydrogen-bond acceptors (Lipinski definition) is 6. The minimum Gasteiger partial charge on any atom is -0.378 e. The van der Waals surface area contributed by atoms with Crippen LogP contribution in [0.2, 0.25) is 0 Å². The number of morpholine rings is 1. The van der Waals surface area contributed by atoms with Crippen LogP contribution in [0.25, 0.3) is 11.1 Å². The SMILES string of the molecule is Cc1cc(F)ccc1-c1cc(N2C[C@H]3COCCN3C[C@H]2COCc2ccccc2)ncc1N(C)C(=O)C(C)(C)c1cc(C(F)(F)F)cc(C(F)(F)F)c1.Cl.Cl. The summed E-state index contributed by atoms with van der Waals surface area (Å²) in [5, 5.41) is 0. The van der Waals surface area contributed by atoms with Gasteiger partial charge in [0, 0.05) is 32.2 Å². The van der Waals surface area contributed by atoms with Gasteiger partial charge in [0.2, 0.25) is 5.91 Å². The zero-order chi connectivity index (χ0) is 39.0. The highest BCUT2D eigenvalue weighted by Gasteiger charge is 2.42. The van der Waals surface area contributed by atoms with Gasteiger partial charge in [-0.3, -0.25) is 9.69 Å². The molecule has 2 saturated heterocycles. The monoisotopic (exact) mass is 830 g/mol. The van der Waals surface area contributed by atoms with E-state index in [1.54, 1.807) is 19.1 Å². The smallest absolute Gasteiger partial charge is 0.378 e. The number of rotatable bonds is 9. The Labute approximate surface area is 333 Å². The predicted molar refractivity (Wildman–Crippen MR) is 205 cm³/mol. The first-order valence-corrected chi connectivity index (χ1v) is 17.5. The normalized spacial score (nSPS) is 17.7. The topological polar surface area (TPSA) is 58.1 Å². The molecule has 0 aliphatic carbocycles. The second-order valence-corrected chi connectivity index (χ2v) is 14.3. The Balaban J connectivity index is 0.00000348. The maximum Gasteiger partial charge on any atom is 0.416 e. The zero-order valence-corrected chi connectivity index (χ0v) is 32.7. The minimum absolute atomic E-state index is 0. The maximum absolute atomic E-state index is 14.4. The van der Waals surface area contributed by atoms with Crippen molar-refractivity contribution in [2.75, 3.05) is 56.3 Å². The average molecular weight is 832 g/mol. The molecular formula is C40H43Cl2F7N4O3. The first-order valence-electron chi connectivity index (χ1n) is 17.5. The molecule has 2 fully saturated rings. The van der Waals surface area contributed by atoms with Gasteiger partial charge in [-0.2, -0.15) is 26.3 Å². The fourth-order valence-corrected chi connectivity index (χ4v) is 7.13. The van der Waals surface area contributed by atoms with E-state index in [2.05, 4.69) is 9.80 Å². The second-order valence-electron chi connectivity index (χ2n) is 14.3. The lowest BCUT2D eigenvalue weighted by molar-refractivity contribution is -0.143. The van der Waals surface area contributed by atoms with E-state index in [9.17, 15) is 35.5 Å². The molecule has 0 saturated carbocycles. The van der Waals surface area contributed by atoms with Gasteiger partial charge >= 0.3 is 12.4 Å². The molecule has 0 radical (unpaired) electrons. The van der Waals surface area contributed by atoms with Gasteiger partial charge in [-0.05, 0) is 79.4 Å². The van der Waals surface area contributed by atoms with E-state index >= 15 is 0 Å². The van der Waals surface area contributed by atoms with Crippen molar-refractivity contribution >= 4 is 42.2 Å². The van der Waals surface area contributed by atoms with Crippen molar-refractivity contribution in [3.8, 4) is 11.1 Å². The Kier molecular flexibility index (Phi) is 14.1. The number of amides is 1. The second kappa shape index (κ2) is 17.7. The van der Waals surface area contributed by atoms with Gasteiger partial charge in [-0.1, -0.05) is 36.4 Å². The Morgan fingerprint density at radius 1 is 0.893 bits per heavy atom. The van der Waals surface area contributed by atoms with Gasteiger partial charge in [0.1, 0.15) is 11.6 Å². The molecule has 0 unspecified atom stereocenters. The molecular weight excluding hydrogens is 788 g/mol. The number of alkyl halides is 6. The zero-order valence-electron chi connectivity index (χ0n) is 31.1. The molecule has 2 atom stereocenters. The molecule has 16 heteroatoms. The summed E-state index contributed by atoms with van der Waals surface area (Å²) in [6.45, 7) is 8.15. The number of aromatic nitrogens is 1. The van der Waals surface area contributed by atoms with Crippen LogP contribution in [-0.2, 0) is 38.6 Å². The number of fused-ring (bicyclic) bond motifs is 1. The fourth-order valence-electron chi connectivity index (χ4n) is 7.13. The van der Waals surface area contributed by atoms with Crippen molar-refractivity contribution in [1.29, 1.82) is 0 Å². The van der Waals surface area contributed by atoms with Crippen LogP contribution < -0.4 is 9.80 Å². The number of carbonyl (C=O) groups is 1. The Hall–Kier alpha value is -3.95. The maximum atomic E-state index is 14.4. The summed E-state index contributed by atoms with van der Waals surface area (Å²) in [5.74, 6) is -0.721. The molecule has 0 N–H and O–H groups in total. The number of hydrogen-bond donors (Lipinski definition) is 0. The van der Waals surface area contributed by atoms with E-state index < -0.39 is 46.2 Å². The molecule has 4 aromatic rings. The lowest BCUT2D eigenvalue weighted by atomic mass is 9.81. The van der Waals surface area contributed by atoms with Gasteiger partial charge in [0.25, 0.3) is 0 Å². The van der Waals surface area contributed by atoms with Crippen LogP contribution in [0.1, 0.15) is 41.7 Å². The number of aryl methyl sites for hydroxylation is 1. The fraction of sp³-hybridized carbons (Fsp3) is 0.400. The van der Waals surface area contributed by atoms with Gasteiger partial charge in [0.15, 0.2) is 0 Å². The van der Waals surface area contributed by atoms with Crippen molar-refractivity contribution in [2.24, 2.45) is 0 Å². The number of ether oxygens (including phenoxy) is 2. The summed E-state index contributed by atoms with van der Waals surface area (Å²) in [4.78, 5) is 24.7. The number of benzene rings is 3. The highest BCUT2D eigenvalue weighted by Crippen LogP contribution is 2.42. The first kappa shape index (κ1) is 44.8. The lowest BCUT2D eigenvalue weighted by Crippen LogP contribution is -2.63. The molecule has 3 heterocycles. The first-order chi connectivity index (χ1) is 25.4. The van der Waals surface area contributed by atoms with Crippen molar-refractivity contribution in [3.05, 3.63) is 113 Å². The largest absolute Gasteiger partial charge is 0.416 e. The molecule has 2 aliphatic heterocycles. The molecule has 2 aliphatic rings. The van der Waals surface area contributed by atoms with Crippen molar-refractivity contribution in [3.63, 3.8) is 0 Å². The van der Waals surface area contributed by atoms with Crippen molar-refractivity contribution in [1.82, 2.24) is 9.88 Å². The molecule has 0 bridgehead atoms. The van der Waals surface area contributed by atoms with E-state index in [-0.39, 0.29) is 48.7 Å². The number of carbonyl (C=O) groups excluding carboxylic acids is 1. The highest BCUT2D eigenvalue weighted by molar-refractivity contribution is 6.03. The quantitative estimate of drug-likeness (QED) is 0.157. The number of anilines is 2. The number of halogens is 9.